The van der Waals surface area contributed by atoms with Crippen molar-refractivity contribution >= 4 is 40.0 Å². The van der Waals surface area contributed by atoms with Crippen LogP contribution in [-0.2, 0) is 22.3 Å². The molecule has 2 aromatic rings. The molecule has 0 spiro atoms. The summed E-state index contributed by atoms with van der Waals surface area (Å²) < 4.78 is 29.0. The minimum atomic E-state index is -3.32. The second-order valence-corrected chi connectivity index (χ2v) is 10.3. The van der Waals surface area contributed by atoms with Crippen LogP contribution in [0.4, 0.5) is 0 Å². The molecule has 1 aromatic carbocycles. The summed E-state index contributed by atoms with van der Waals surface area (Å²) >= 11 is 0. The highest BCUT2D eigenvalue weighted by molar-refractivity contribution is 14.0. The molecule has 0 bridgehead atoms. The zero-order valence-corrected chi connectivity index (χ0v) is 22.4. The quantitative estimate of drug-likeness (QED) is 0.302. The summed E-state index contributed by atoms with van der Waals surface area (Å²) in [5, 5.41) is 3.45. The first kappa shape index (κ1) is 26.6. The molecule has 2 heterocycles. The standard InChI is InChI=1S/C22H34N6O2S.HI/c1-17(2)26-31(29,30)15-20-7-5-19(6-8-20)13-25-22(23-4)27-11-9-18(3)21(14-27)28-12-10-24-16-28;/h5-8,10,12,16-18,21,26H,9,11,13-15H2,1-4H3,(H,23,25);1H. The second kappa shape index (κ2) is 12.0. The van der Waals surface area contributed by atoms with Gasteiger partial charge in [-0.2, -0.15) is 0 Å². The van der Waals surface area contributed by atoms with Crippen molar-refractivity contribution in [2.45, 2.75) is 51.6 Å². The molecule has 1 aliphatic heterocycles. The Bertz CT molecular complexity index is 961. The number of aliphatic imine (C=N–C) groups is 1. The number of hydrogen-bond acceptors (Lipinski definition) is 4. The van der Waals surface area contributed by atoms with Crippen molar-refractivity contribution in [2.24, 2.45) is 10.9 Å². The number of rotatable bonds is 7. The van der Waals surface area contributed by atoms with E-state index in [4.69, 9.17) is 0 Å². The first-order valence-electron chi connectivity index (χ1n) is 10.8. The van der Waals surface area contributed by atoms with Crippen LogP contribution in [0.3, 0.4) is 0 Å². The highest BCUT2D eigenvalue weighted by atomic mass is 127. The van der Waals surface area contributed by atoms with Gasteiger partial charge in [0, 0.05) is 45.1 Å². The van der Waals surface area contributed by atoms with Crippen molar-refractivity contribution in [3.8, 4) is 0 Å². The Labute approximate surface area is 209 Å². The number of nitrogens with one attached hydrogen (secondary N) is 2. The predicted octanol–water partition coefficient (Wildman–Crippen LogP) is 2.99. The van der Waals surface area contributed by atoms with E-state index in [0.29, 0.717) is 18.5 Å². The van der Waals surface area contributed by atoms with Gasteiger partial charge in [0.25, 0.3) is 0 Å². The van der Waals surface area contributed by atoms with E-state index in [9.17, 15) is 8.42 Å². The van der Waals surface area contributed by atoms with Gasteiger partial charge >= 0.3 is 0 Å². The number of guanidine groups is 1. The van der Waals surface area contributed by atoms with Crippen LogP contribution in [0.2, 0.25) is 0 Å². The fourth-order valence-electron chi connectivity index (χ4n) is 3.98. The van der Waals surface area contributed by atoms with Crippen LogP contribution in [0.15, 0.2) is 48.0 Å². The van der Waals surface area contributed by atoms with E-state index in [0.717, 1.165) is 36.6 Å². The highest BCUT2D eigenvalue weighted by Crippen LogP contribution is 2.27. The summed E-state index contributed by atoms with van der Waals surface area (Å²) in [6.07, 6.45) is 6.84. The minimum absolute atomic E-state index is 0. The van der Waals surface area contributed by atoms with Gasteiger partial charge in [0.1, 0.15) is 0 Å². The molecule has 0 aliphatic carbocycles. The number of nitrogens with zero attached hydrogens (tertiary/aromatic N) is 4. The van der Waals surface area contributed by atoms with E-state index in [-0.39, 0.29) is 35.8 Å². The number of imidazole rings is 1. The molecule has 1 aliphatic rings. The number of piperidine rings is 1. The normalized spacial score (nSPS) is 19.7. The van der Waals surface area contributed by atoms with E-state index >= 15 is 0 Å². The first-order chi connectivity index (χ1) is 14.8. The lowest BCUT2D eigenvalue weighted by Gasteiger charge is -2.39. The molecule has 1 saturated heterocycles. The molecule has 178 valence electrons. The number of aromatic nitrogens is 2. The molecule has 2 atom stereocenters. The fourth-order valence-corrected chi connectivity index (χ4v) is 5.41. The van der Waals surface area contributed by atoms with E-state index in [2.05, 4.69) is 36.4 Å². The number of halogens is 1. The molecule has 1 fully saturated rings. The summed E-state index contributed by atoms with van der Waals surface area (Å²) in [6.45, 7) is 8.41. The van der Waals surface area contributed by atoms with Gasteiger partial charge in [-0.3, -0.25) is 4.99 Å². The third kappa shape index (κ3) is 7.45. The maximum atomic E-state index is 12.1. The van der Waals surface area contributed by atoms with Crippen molar-refractivity contribution in [3.05, 3.63) is 54.1 Å². The zero-order chi connectivity index (χ0) is 22.4. The van der Waals surface area contributed by atoms with E-state index in [1.165, 1.54) is 0 Å². The molecule has 0 radical (unpaired) electrons. The molecule has 10 heteroatoms. The summed E-state index contributed by atoms with van der Waals surface area (Å²) in [5.41, 5.74) is 1.85. The van der Waals surface area contributed by atoms with Gasteiger partial charge in [0.2, 0.25) is 10.0 Å². The summed E-state index contributed by atoms with van der Waals surface area (Å²) in [7, 11) is -1.51. The lowest BCUT2D eigenvalue weighted by atomic mass is 9.93. The second-order valence-electron chi connectivity index (χ2n) is 8.54. The van der Waals surface area contributed by atoms with Gasteiger partial charge in [-0.15, -0.1) is 24.0 Å². The van der Waals surface area contributed by atoms with Crippen molar-refractivity contribution < 1.29 is 8.42 Å². The van der Waals surface area contributed by atoms with E-state index in [1.54, 1.807) is 0 Å². The van der Waals surface area contributed by atoms with Gasteiger partial charge in [-0.25, -0.2) is 18.1 Å². The van der Waals surface area contributed by atoms with Crippen LogP contribution in [-0.4, -0.2) is 55.0 Å². The van der Waals surface area contributed by atoms with Gasteiger partial charge in [0.15, 0.2) is 5.96 Å². The van der Waals surface area contributed by atoms with Gasteiger partial charge in [0.05, 0.1) is 18.1 Å². The van der Waals surface area contributed by atoms with Crippen molar-refractivity contribution in [2.75, 3.05) is 20.1 Å². The first-order valence-corrected chi connectivity index (χ1v) is 12.4. The number of hydrogen-bond donors (Lipinski definition) is 2. The van der Waals surface area contributed by atoms with Crippen LogP contribution < -0.4 is 10.0 Å². The summed E-state index contributed by atoms with van der Waals surface area (Å²) in [4.78, 5) is 11.0. The molecule has 32 heavy (non-hydrogen) atoms. The molecule has 2 unspecified atom stereocenters. The maximum absolute atomic E-state index is 12.1. The Morgan fingerprint density at radius 3 is 2.53 bits per heavy atom. The van der Waals surface area contributed by atoms with Crippen molar-refractivity contribution in [1.82, 2.24) is 24.5 Å². The lowest BCUT2D eigenvalue weighted by Crippen LogP contribution is -2.48. The van der Waals surface area contributed by atoms with Gasteiger partial charge < -0.3 is 14.8 Å². The number of likely N-dealkylation sites (tertiary alicyclic amines) is 1. The summed E-state index contributed by atoms with van der Waals surface area (Å²) in [5.74, 6) is 1.45. The SMILES string of the molecule is CN=C(NCc1ccc(CS(=O)(=O)NC(C)C)cc1)N1CCC(C)C(n2ccnc2)C1.I. The smallest absolute Gasteiger partial charge is 0.216 e. The molecule has 3 rings (SSSR count). The average Bonchev–Trinajstić information content (AvgIpc) is 3.24. The highest BCUT2D eigenvalue weighted by Gasteiger charge is 2.28. The Morgan fingerprint density at radius 2 is 1.94 bits per heavy atom. The molecule has 0 saturated carbocycles. The number of sulfonamides is 1. The fraction of sp³-hybridized carbons (Fsp3) is 0.545. The minimum Gasteiger partial charge on any atom is -0.352 e. The Morgan fingerprint density at radius 1 is 1.25 bits per heavy atom. The van der Waals surface area contributed by atoms with E-state index in [1.807, 2.05) is 63.9 Å². The van der Waals surface area contributed by atoms with Crippen LogP contribution in [0.25, 0.3) is 0 Å². The Kier molecular flexibility index (Phi) is 9.96. The van der Waals surface area contributed by atoms with Crippen LogP contribution in [0.5, 0.6) is 0 Å². The lowest BCUT2D eigenvalue weighted by molar-refractivity contribution is 0.189. The van der Waals surface area contributed by atoms with Crippen molar-refractivity contribution in [1.29, 1.82) is 0 Å². The zero-order valence-electron chi connectivity index (χ0n) is 19.2. The van der Waals surface area contributed by atoms with E-state index < -0.39 is 10.0 Å². The van der Waals surface area contributed by atoms with Gasteiger partial charge in [-0.1, -0.05) is 31.2 Å². The molecular weight excluding hydrogens is 539 g/mol. The molecule has 0 amide bonds. The maximum Gasteiger partial charge on any atom is 0.216 e. The van der Waals surface area contributed by atoms with Crippen LogP contribution >= 0.6 is 24.0 Å². The van der Waals surface area contributed by atoms with Gasteiger partial charge in [-0.05, 0) is 37.3 Å². The Hall–Kier alpha value is -1.66. The topological polar surface area (TPSA) is 91.6 Å². The van der Waals surface area contributed by atoms with Crippen molar-refractivity contribution in [3.63, 3.8) is 0 Å². The molecule has 8 nitrogen and oxygen atoms in total. The molecule has 2 N–H and O–H groups in total. The predicted molar refractivity (Wildman–Crippen MR) is 140 cm³/mol. The number of benzene rings is 1. The third-order valence-corrected chi connectivity index (χ3v) is 7.13. The largest absolute Gasteiger partial charge is 0.352 e. The third-order valence-electron chi connectivity index (χ3n) is 5.58. The molecule has 1 aromatic heterocycles. The average molecular weight is 575 g/mol. The Balaban J connectivity index is 0.00000363. The summed E-state index contributed by atoms with van der Waals surface area (Å²) in [6, 6.07) is 7.94. The van der Waals surface area contributed by atoms with Crippen LogP contribution in [0.1, 0.15) is 44.4 Å². The monoisotopic (exact) mass is 574 g/mol. The van der Waals surface area contributed by atoms with Crippen LogP contribution in [0, 0.1) is 5.92 Å². The molecular formula is C22H35IN6O2S.